The molecule has 11 heteroatoms. The van der Waals surface area contributed by atoms with Gasteiger partial charge in [-0.3, -0.25) is 4.57 Å². The van der Waals surface area contributed by atoms with E-state index in [2.05, 4.69) is 15.0 Å². The Bertz CT molecular complexity index is 1100. The maximum Gasteiger partial charge on any atom is 0.351 e. The van der Waals surface area contributed by atoms with E-state index in [0.717, 1.165) is 4.90 Å². The molecule has 0 saturated heterocycles. The van der Waals surface area contributed by atoms with Gasteiger partial charge in [-0.1, -0.05) is 36.4 Å². The number of hydrogen-bond acceptors (Lipinski definition) is 7. The number of aromatic nitrogens is 4. The van der Waals surface area contributed by atoms with Crippen molar-refractivity contribution in [1.82, 2.24) is 19.5 Å². The van der Waals surface area contributed by atoms with Crippen LogP contribution in [0.15, 0.2) is 40.5 Å². The Kier molecular flexibility index (Phi) is 5.16. The molecule has 4 N–H and O–H groups in total. The van der Waals surface area contributed by atoms with Crippen LogP contribution >= 0.6 is 19.4 Å². The fraction of sp³-hybridized carbons (Fsp3) is 0.389. The van der Waals surface area contributed by atoms with Crippen LogP contribution in [0.5, 0.6) is 0 Å². The lowest BCUT2D eigenvalue weighted by molar-refractivity contribution is 0.0306. The van der Waals surface area contributed by atoms with E-state index >= 15 is 0 Å². The maximum absolute atomic E-state index is 11.2. The quantitative estimate of drug-likeness (QED) is 0.378. The lowest BCUT2D eigenvalue weighted by atomic mass is 10.2. The Morgan fingerprint density at radius 1 is 1.34 bits per heavy atom. The lowest BCUT2D eigenvalue weighted by Crippen LogP contribution is -2.24. The molecule has 1 fully saturated rings. The largest absolute Gasteiger partial charge is 0.368 e. The average molecular weight is 435 g/mol. The standard InChI is InChI=1S/C18H22N5O4PS/c1-11-3-5-13(6-4-11)29-16-14-15(21-17(19)22-16)23(9-20-14)8-18(7-12(18)2)27-10-28(24,25)26/h3-6,9,12H,7-8,10H2,1-2H3,(H2,19,21,22)(H2,24,25,26). The highest BCUT2D eigenvalue weighted by Crippen LogP contribution is 2.51. The van der Waals surface area contributed by atoms with Gasteiger partial charge in [0.15, 0.2) is 5.65 Å². The third-order valence-electron chi connectivity index (χ3n) is 5.03. The summed E-state index contributed by atoms with van der Waals surface area (Å²) in [5, 5.41) is 0.657. The van der Waals surface area contributed by atoms with E-state index in [9.17, 15) is 4.57 Å². The van der Waals surface area contributed by atoms with Crippen molar-refractivity contribution in [2.75, 3.05) is 12.1 Å². The summed E-state index contributed by atoms with van der Waals surface area (Å²) in [4.78, 5) is 32.5. The molecular weight excluding hydrogens is 413 g/mol. The normalized spacial score (nSPS) is 21.6. The molecule has 1 aliphatic rings. The molecule has 1 saturated carbocycles. The van der Waals surface area contributed by atoms with E-state index in [1.807, 2.05) is 42.7 Å². The Balaban J connectivity index is 1.62. The Morgan fingerprint density at radius 3 is 2.66 bits per heavy atom. The van der Waals surface area contributed by atoms with Gasteiger partial charge >= 0.3 is 7.60 Å². The number of fused-ring (bicyclic) bond motifs is 1. The molecule has 29 heavy (non-hydrogen) atoms. The fourth-order valence-electron chi connectivity index (χ4n) is 3.27. The van der Waals surface area contributed by atoms with Crippen molar-refractivity contribution < 1.29 is 19.1 Å². The SMILES string of the molecule is Cc1ccc(Sc2nc(N)nc3c2ncn3CC2(OCP(=O)(O)O)CC2C)cc1. The zero-order valence-electron chi connectivity index (χ0n) is 16.0. The minimum absolute atomic E-state index is 0.142. The first-order valence-electron chi connectivity index (χ1n) is 9.07. The molecule has 1 aliphatic carbocycles. The van der Waals surface area contributed by atoms with Crippen LogP contribution < -0.4 is 5.73 Å². The van der Waals surface area contributed by atoms with Crippen LogP contribution in [-0.2, 0) is 15.8 Å². The van der Waals surface area contributed by atoms with E-state index in [4.69, 9.17) is 20.3 Å². The number of nitrogens with two attached hydrogens (primary N) is 1. The van der Waals surface area contributed by atoms with Crippen molar-refractivity contribution >= 4 is 36.5 Å². The molecule has 2 unspecified atom stereocenters. The van der Waals surface area contributed by atoms with Crippen LogP contribution in [0.25, 0.3) is 11.2 Å². The predicted octanol–water partition coefficient (Wildman–Crippen LogP) is 2.80. The van der Waals surface area contributed by atoms with Gasteiger partial charge in [-0.15, -0.1) is 0 Å². The van der Waals surface area contributed by atoms with Crippen molar-refractivity contribution in [1.29, 1.82) is 0 Å². The molecule has 3 aromatic rings. The molecule has 0 bridgehead atoms. The summed E-state index contributed by atoms with van der Waals surface area (Å²) >= 11 is 1.46. The summed E-state index contributed by atoms with van der Waals surface area (Å²) in [6.07, 6.45) is 1.75. The minimum atomic E-state index is -4.24. The molecule has 1 aromatic carbocycles. The van der Waals surface area contributed by atoms with Crippen LogP contribution in [0.4, 0.5) is 5.95 Å². The number of nitrogens with zero attached hydrogens (tertiary/aromatic N) is 4. The van der Waals surface area contributed by atoms with Crippen molar-refractivity contribution in [3.63, 3.8) is 0 Å². The zero-order chi connectivity index (χ0) is 20.8. The number of ether oxygens (including phenoxy) is 1. The van der Waals surface area contributed by atoms with Gasteiger partial charge in [0.25, 0.3) is 0 Å². The van der Waals surface area contributed by atoms with Crippen molar-refractivity contribution in [2.45, 2.75) is 42.3 Å². The summed E-state index contributed by atoms with van der Waals surface area (Å²) in [6, 6.07) is 8.08. The first-order valence-corrected chi connectivity index (χ1v) is 11.7. The number of aryl methyl sites for hydroxylation is 1. The Labute approximate surface area is 171 Å². The molecular formula is C18H22N5O4PS. The van der Waals surface area contributed by atoms with Gasteiger partial charge in [0.2, 0.25) is 5.95 Å². The highest BCUT2D eigenvalue weighted by Gasteiger charge is 2.53. The molecule has 9 nitrogen and oxygen atoms in total. The monoisotopic (exact) mass is 435 g/mol. The van der Waals surface area contributed by atoms with E-state index in [1.54, 1.807) is 6.33 Å². The minimum Gasteiger partial charge on any atom is -0.368 e. The van der Waals surface area contributed by atoms with Gasteiger partial charge in [0.05, 0.1) is 18.5 Å². The third kappa shape index (κ3) is 4.46. The van der Waals surface area contributed by atoms with Crippen molar-refractivity contribution in [3.8, 4) is 0 Å². The number of rotatable bonds is 7. The third-order valence-corrected chi connectivity index (χ3v) is 6.48. The molecule has 0 amide bonds. The van der Waals surface area contributed by atoms with Crippen molar-refractivity contribution in [2.24, 2.45) is 5.92 Å². The topological polar surface area (TPSA) is 136 Å². The van der Waals surface area contributed by atoms with Gasteiger partial charge in [-0.05, 0) is 31.4 Å². The number of imidazole rings is 1. The zero-order valence-corrected chi connectivity index (χ0v) is 17.7. The van der Waals surface area contributed by atoms with Gasteiger partial charge in [0.1, 0.15) is 16.9 Å². The highest BCUT2D eigenvalue weighted by atomic mass is 32.2. The Morgan fingerprint density at radius 2 is 2.03 bits per heavy atom. The smallest absolute Gasteiger partial charge is 0.351 e. The molecule has 2 atom stereocenters. The summed E-state index contributed by atoms with van der Waals surface area (Å²) in [7, 11) is -4.24. The van der Waals surface area contributed by atoms with Crippen LogP contribution in [0.2, 0.25) is 0 Å². The number of anilines is 1. The molecule has 0 radical (unpaired) electrons. The molecule has 0 aliphatic heterocycles. The van der Waals surface area contributed by atoms with Gasteiger partial charge in [-0.2, -0.15) is 4.98 Å². The van der Waals surface area contributed by atoms with Gasteiger partial charge < -0.3 is 24.8 Å². The summed E-state index contributed by atoms with van der Waals surface area (Å²) in [5.41, 5.74) is 7.68. The first kappa shape index (κ1) is 20.3. The highest BCUT2D eigenvalue weighted by molar-refractivity contribution is 7.99. The first-order chi connectivity index (χ1) is 13.7. The maximum atomic E-state index is 11.2. The lowest BCUT2D eigenvalue weighted by Gasteiger charge is -2.19. The second-order valence-electron chi connectivity index (χ2n) is 7.45. The van der Waals surface area contributed by atoms with E-state index in [1.165, 1.54) is 17.3 Å². The number of benzene rings is 1. The molecule has 0 spiro atoms. The second-order valence-corrected chi connectivity index (χ2v) is 10.1. The molecule has 2 heterocycles. The van der Waals surface area contributed by atoms with Crippen molar-refractivity contribution in [3.05, 3.63) is 36.2 Å². The molecule has 4 rings (SSSR count). The summed E-state index contributed by atoms with van der Waals surface area (Å²) in [5.74, 6) is 0.315. The van der Waals surface area contributed by atoms with Crippen LogP contribution in [0, 0.1) is 12.8 Å². The average Bonchev–Trinajstić information content (AvgIpc) is 3.10. The van der Waals surface area contributed by atoms with Crippen LogP contribution in [0.3, 0.4) is 0 Å². The van der Waals surface area contributed by atoms with Crippen LogP contribution in [-0.4, -0.2) is 41.3 Å². The predicted molar refractivity (Wildman–Crippen MR) is 110 cm³/mol. The van der Waals surface area contributed by atoms with E-state index in [-0.39, 0.29) is 11.9 Å². The summed E-state index contributed by atoms with van der Waals surface area (Å²) < 4.78 is 18.7. The molecule has 2 aromatic heterocycles. The van der Waals surface area contributed by atoms with Crippen LogP contribution in [0.1, 0.15) is 18.9 Å². The fourth-order valence-corrected chi connectivity index (χ4v) is 4.57. The molecule has 154 valence electrons. The van der Waals surface area contributed by atoms with Gasteiger partial charge in [0, 0.05) is 4.90 Å². The Hall–Kier alpha value is -1.97. The number of hydrogen-bond donors (Lipinski definition) is 3. The summed E-state index contributed by atoms with van der Waals surface area (Å²) in [6.45, 7) is 4.40. The number of nitrogen functional groups attached to an aromatic ring is 1. The van der Waals surface area contributed by atoms with E-state index in [0.29, 0.717) is 29.2 Å². The second kappa shape index (κ2) is 7.37. The van der Waals surface area contributed by atoms with E-state index < -0.39 is 19.5 Å². The van der Waals surface area contributed by atoms with Gasteiger partial charge in [-0.25, -0.2) is 9.97 Å².